The number of alkyl halides is 3. The van der Waals surface area contributed by atoms with E-state index in [1.165, 1.54) is 11.5 Å². The summed E-state index contributed by atoms with van der Waals surface area (Å²) in [6.07, 6.45) is -3.67. The van der Waals surface area contributed by atoms with Crippen LogP contribution in [0.25, 0.3) is 10.8 Å². The van der Waals surface area contributed by atoms with E-state index in [1.54, 1.807) is 6.07 Å². The highest BCUT2D eigenvalue weighted by Crippen LogP contribution is 2.33. The molecular formula is C24H23F3N2O. The lowest BCUT2D eigenvalue weighted by atomic mass is 9.85. The maximum Gasteiger partial charge on any atom is 0.416 e. The monoisotopic (exact) mass is 412 g/mol. The number of nitrogens with one attached hydrogen (secondary N) is 1. The van der Waals surface area contributed by atoms with Crippen LogP contribution in [-0.4, -0.2) is 22.9 Å². The van der Waals surface area contributed by atoms with Crippen LogP contribution in [0.5, 0.6) is 0 Å². The third-order valence-electron chi connectivity index (χ3n) is 5.95. The Morgan fingerprint density at radius 3 is 2.47 bits per heavy atom. The topological polar surface area (TPSA) is 32.3 Å². The largest absolute Gasteiger partial charge is 0.416 e. The van der Waals surface area contributed by atoms with Gasteiger partial charge in [-0.2, -0.15) is 13.2 Å². The number of hydrogen-bond donors (Lipinski definition) is 1. The Balaban J connectivity index is 1.41. The van der Waals surface area contributed by atoms with Gasteiger partial charge in [-0.3, -0.25) is 9.69 Å². The molecule has 0 radical (unpaired) electrons. The van der Waals surface area contributed by atoms with E-state index in [1.807, 2.05) is 19.1 Å². The Labute approximate surface area is 173 Å². The fraction of sp³-hybridized carbons (Fsp3) is 0.292. The second-order valence-electron chi connectivity index (χ2n) is 8.01. The number of hydrogen-bond acceptors (Lipinski definition) is 2. The molecule has 1 aliphatic heterocycles. The van der Waals surface area contributed by atoms with Gasteiger partial charge in [0.15, 0.2) is 0 Å². The molecule has 1 N–H and O–H groups in total. The zero-order valence-electron chi connectivity index (χ0n) is 16.7. The lowest BCUT2D eigenvalue weighted by Gasteiger charge is -2.49. The van der Waals surface area contributed by atoms with E-state index in [2.05, 4.69) is 40.5 Å². The predicted molar refractivity (Wildman–Crippen MR) is 111 cm³/mol. The summed E-state index contributed by atoms with van der Waals surface area (Å²) in [4.78, 5) is 14.9. The first kappa shape index (κ1) is 20.4. The summed E-state index contributed by atoms with van der Waals surface area (Å²) in [6, 6.07) is 19.5. The summed E-state index contributed by atoms with van der Waals surface area (Å²) in [5.41, 5.74) is 0.197. The fourth-order valence-electron chi connectivity index (χ4n) is 3.90. The molecule has 4 rings (SSSR count). The smallest absolute Gasteiger partial charge is 0.350 e. The van der Waals surface area contributed by atoms with Gasteiger partial charge in [-0.15, -0.1) is 0 Å². The highest BCUT2D eigenvalue weighted by atomic mass is 19.4. The number of likely N-dealkylation sites (tertiary alicyclic amines) is 1. The van der Waals surface area contributed by atoms with Crippen molar-refractivity contribution in [1.82, 2.24) is 10.2 Å². The average molecular weight is 412 g/mol. The van der Waals surface area contributed by atoms with Crippen molar-refractivity contribution < 1.29 is 18.0 Å². The normalized spacial score (nSPS) is 19.5. The van der Waals surface area contributed by atoms with Crippen LogP contribution in [-0.2, 0) is 24.1 Å². The molecule has 3 aromatic rings. The molecule has 0 spiro atoms. The van der Waals surface area contributed by atoms with Gasteiger partial charge in [0.05, 0.1) is 11.1 Å². The molecule has 156 valence electrons. The molecule has 1 unspecified atom stereocenters. The molecule has 30 heavy (non-hydrogen) atoms. The van der Waals surface area contributed by atoms with E-state index in [4.69, 9.17) is 0 Å². The van der Waals surface area contributed by atoms with Gasteiger partial charge < -0.3 is 5.32 Å². The number of halogens is 3. The minimum absolute atomic E-state index is 0.0716. The second-order valence-corrected chi connectivity index (χ2v) is 8.01. The Morgan fingerprint density at radius 2 is 1.77 bits per heavy atom. The number of rotatable bonds is 5. The van der Waals surface area contributed by atoms with E-state index in [-0.39, 0.29) is 12.5 Å². The van der Waals surface area contributed by atoms with Gasteiger partial charge in [-0.1, -0.05) is 48.5 Å². The first-order valence-electron chi connectivity index (χ1n) is 9.93. The fourth-order valence-corrected chi connectivity index (χ4v) is 3.90. The van der Waals surface area contributed by atoms with Crippen LogP contribution < -0.4 is 5.32 Å². The van der Waals surface area contributed by atoms with Crippen molar-refractivity contribution in [2.24, 2.45) is 0 Å². The molecule has 1 saturated heterocycles. The van der Waals surface area contributed by atoms with Crippen molar-refractivity contribution in [3.63, 3.8) is 0 Å². The molecule has 3 nitrogen and oxygen atoms in total. The SMILES string of the molecule is CC1(C(=O)NCc2cccc(C(F)(F)F)c2)CCN1Cc1ccc2ccccc2c1. The summed E-state index contributed by atoms with van der Waals surface area (Å²) in [6.45, 7) is 3.42. The van der Waals surface area contributed by atoms with E-state index in [0.29, 0.717) is 12.1 Å². The predicted octanol–water partition coefficient (Wildman–Crippen LogP) is 5.14. The minimum Gasteiger partial charge on any atom is -0.350 e. The Morgan fingerprint density at radius 1 is 1.00 bits per heavy atom. The minimum atomic E-state index is -4.39. The van der Waals surface area contributed by atoms with Gasteiger partial charge in [0.2, 0.25) is 5.91 Å². The van der Waals surface area contributed by atoms with Crippen LogP contribution >= 0.6 is 0 Å². The number of benzene rings is 3. The lowest BCUT2D eigenvalue weighted by Crippen LogP contribution is -2.65. The molecule has 6 heteroatoms. The van der Waals surface area contributed by atoms with Crippen LogP contribution in [0.4, 0.5) is 13.2 Å². The van der Waals surface area contributed by atoms with Gasteiger partial charge >= 0.3 is 6.18 Å². The number of nitrogens with zero attached hydrogens (tertiary/aromatic N) is 1. The maximum atomic E-state index is 12.9. The van der Waals surface area contributed by atoms with Crippen molar-refractivity contribution in [1.29, 1.82) is 0 Å². The van der Waals surface area contributed by atoms with Gasteiger partial charge in [0, 0.05) is 19.6 Å². The van der Waals surface area contributed by atoms with Gasteiger partial charge in [0.25, 0.3) is 0 Å². The average Bonchev–Trinajstić information content (AvgIpc) is 2.74. The van der Waals surface area contributed by atoms with E-state index in [0.717, 1.165) is 36.0 Å². The Hall–Kier alpha value is -2.86. The molecule has 0 bridgehead atoms. The van der Waals surface area contributed by atoms with Crippen LogP contribution in [0.15, 0.2) is 66.7 Å². The van der Waals surface area contributed by atoms with Crippen molar-refractivity contribution in [3.8, 4) is 0 Å². The van der Waals surface area contributed by atoms with Crippen molar-refractivity contribution in [2.75, 3.05) is 6.54 Å². The lowest BCUT2D eigenvalue weighted by molar-refractivity contribution is -0.142. The molecule has 1 aliphatic rings. The van der Waals surface area contributed by atoms with Gasteiger partial charge in [0.1, 0.15) is 0 Å². The standard InChI is InChI=1S/C24H23F3N2O/c1-23(22(30)28-15-17-5-4-8-21(14-17)24(25,26)27)11-12-29(23)16-18-9-10-19-6-2-3-7-20(19)13-18/h2-10,13-14H,11-12,15-16H2,1H3,(H,28,30). The summed E-state index contributed by atoms with van der Waals surface area (Å²) >= 11 is 0. The number of amides is 1. The van der Waals surface area contributed by atoms with Crippen LogP contribution in [0.1, 0.15) is 30.0 Å². The third kappa shape index (κ3) is 4.05. The number of carbonyl (C=O) groups excluding carboxylic acids is 1. The van der Waals surface area contributed by atoms with Crippen LogP contribution in [0, 0.1) is 0 Å². The molecule has 1 atom stereocenters. The van der Waals surface area contributed by atoms with Gasteiger partial charge in [-0.25, -0.2) is 0 Å². The van der Waals surface area contributed by atoms with Crippen LogP contribution in [0.2, 0.25) is 0 Å². The summed E-state index contributed by atoms with van der Waals surface area (Å²) < 4.78 is 38.6. The highest BCUT2D eigenvalue weighted by molar-refractivity contribution is 5.87. The number of fused-ring (bicyclic) bond motifs is 1. The maximum absolute atomic E-state index is 12.9. The molecule has 1 fully saturated rings. The molecule has 3 aromatic carbocycles. The molecule has 0 saturated carbocycles. The Kier molecular flexibility index (Phi) is 5.28. The zero-order valence-corrected chi connectivity index (χ0v) is 16.7. The van der Waals surface area contributed by atoms with E-state index >= 15 is 0 Å². The Bertz CT molecular complexity index is 1080. The molecular weight excluding hydrogens is 389 g/mol. The zero-order chi connectivity index (χ0) is 21.4. The first-order chi connectivity index (χ1) is 14.3. The highest BCUT2D eigenvalue weighted by Gasteiger charge is 2.46. The first-order valence-corrected chi connectivity index (χ1v) is 9.93. The molecule has 0 aromatic heterocycles. The van der Waals surface area contributed by atoms with Crippen molar-refractivity contribution >= 4 is 16.7 Å². The summed E-state index contributed by atoms with van der Waals surface area (Å²) in [5.74, 6) is -0.160. The van der Waals surface area contributed by atoms with Crippen molar-refractivity contribution in [3.05, 3.63) is 83.4 Å². The van der Waals surface area contributed by atoms with Gasteiger partial charge in [-0.05, 0) is 53.4 Å². The van der Waals surface area contributed by atoms with E-state index in [9.17, 15) is 18.0 Å². The quantitative estimate of drug-likeness (QED) is 0.629. The molecule has 1 heterocycles. The van der Waals surface area contributed by atoms with Crippen molar-refractivity contribution in [2.45, 2.75) is 38.1 Å². The third-order valence-corrected chi connectivity index (χ3v) is 5.95. The molecule has 1 amide bonds. The second kappa shape index (κ2) is 7.76. The van der Waals surface area contributed by atoms with E-state index < -0.39 is 17.3 Å². The molecule has 0 aliphatic carbocycles. The summed E-state index contributed by atoms with van der Waals surface area (Å²) in [5, 5.41) is 5.15. The number of carbonyl (C=O) groups is 1. The van der Waals surface area contributed by atoms with Crippen LogP contribution in [0.3, 0.4) is 0 Å². The summed E-state index contributed by atoms with van der Waals surface area (Å²) in [7, 11) is 0.